The van der Waals surface area contributed by atoms with E-state index >= 15 is 0 Å². The second-order valence-electron chi connectivity index (χ2n) is 7.15. The number of benzene rings is 2. The van der Waals surface area contributed by atoms with Gasteiger partial charge in [-0.05, 0) is 69.0 Å². The number of nitrogens with one attached hydrogen (secondary N) is 1. The van der Waals surface area contributed by atoms with Gasteiger partial charge in [0.25, 0.3) is 5.91 Å². The fourth-order valence-electron chi connectivity index (χ4n) is 3.22. The number of carbonyl (C=O) groups excluding carboxylic acids is 1. The quantitative estimate of drug-likeness (QED) is 0.853. The summed E-state index contributed by atoms with van der Waals surface area (Å²) in [6, 6.07) is 12.4. The molecule has 0 spiro atoms. The number of aryl methyl sites for hydroxylation is 2. The Bertz CT molecular complexity index is 936. The molecule has 0 radical (unpaired) electrons. The van der Waals surface area contributed by atoms with Crippen molar-refractivity contribution in [3.8, 4) is 0 Å². The molecule has 1 N–H and O–H groups in total. The predicted molar refractivity (Wildman–Crippen MR) is 108 cm³/mol. The first kappa shape index (κ1) is 19.6. The van der Waals surface area contributed by atoms with Crippen molar-refractivity contribution in [2.45, 2.75) is 51.0 Å². The molecule has 0 unspecified atom stereocenters. The van der Waals surface area contributed by atoms with Crippen molar-refractivity contribution in [1.82, 2.24) is 4.72 Å². The van der Waals surface area contributed by atoms with Gasteiger partial charge in [0.15, 0.2) is 0 Å². The number of sulfonamides is 1. The first-order valence-electron chi connectivity index (χ1n) is 9.35. The fourth-order valence-corrected chi connectivity index (χ4v) is 4.60. The minimum atomic E-state index is -3.55. The van der Waals surface area contributed by atoms with Crippen LogP contribution in [0.3, 0.4) is 0 Å². The second-order valence-corrected chi connectivity index (χ2v) is 8.86. The number of hydrogen-bond donors (Lipinski definition) is 1. The van der Waals surface area contributed by atoms with Crippen molar-refractivity contribution < 1.29 is 13.2 Å². The summed E-state index contributed by atoms with van der Waals surface area (Å²) in [5.41, 5.74) is 3.45. The Morgan fingerprint density at radius 1 is 1.19 bits per heavy atom. The number of fused-ring (bicyclic) bond motifs is 1. The van der Waals surface area contributed by atoms with Gasteiger partial charge in [-0.15, -0.1) is 0 Å². The second kappa shape index (κ2) is 7.82. The molecule has 0 bridgehead atoms. The fraction of sp³-hybridized carbons (Fsp3) is 0.381. The summed E-state index contributed by atoms with van der Waals surface area (Å²) in [7, 11) is -3.55. The van der Waals surface area contributed by atoms with Gasteiger partial charge in [-0.2, -0.15) is 0 Å². The lowest BCUT2D eigenvalue weighted by Crippen LogP contribution is -2.36. The third-order valence-corrected chi connectivity index (χ3v) is 6.58. The van der Waals surface area contributed by atoms with E-state index in [1.54, 1.807) is 23.1 Å². The van der Waals surface area contributed by atoms with Crippen LogP contribution in [0.15, 0.2) is 47.4 Å². The van der Waals surface area contributed by atoms with Crippen molar-refractivity contribution in [1.29, 1.82) is 0 Å². The molecule has 5 nitrogen and oxygen atoms in total. The SMILES string of the molecule is CC[C@H](C)NS(=O)(=O)c1ccc2c(c1)CCCN2C(=O)c1ccc(C)cc1. The molecule has 0 saturated carbocycles. The summed E-state index contributed by atoms with van der Waals surface area (Å²) in [4.78, 5) is 14.9. The van der Waals surface area contributed by atoms with E-state index in [1.165, 1.54) is 0 Å². The molecule has 2 aromatic rings. The highest BCUT2D eigenvalue weighted by Crippen LogP contribution is 2.30. The standard InChI is InChI=1S/C21H26N2O3S/c1-4-16(3)22-27(25,26)19-11-12-20-18(14-19)6-5-13-23(20)21(24)17-9-7-15(2)8-10-17/h7-12,14,16,22H,4-6,13H2,1-3H3/t16-/m0/s1. The molecule has 0 aromatic heterocycles. The highest BCUT2D eigenvalue weighted by molar-refractivity contribution is 7.89. The summed E-state index contributed by atoms with van der Waals surface area (Å²) < 4.78 is 27.8. The Balaban J connectivity index is 1.91. The van der Waals surface area contributed by atoms with Crippen molar-refractivity contribution in [3.05, 3.63) is 59.2 Å². The van der Waals surface area contributed by atoms with Gasteiger partial charge in [0.05, 0.1) is 4.90 Å². The first-order valence-corrected chi connectivity index (χ1v) is 10.8. The molecule has 1 amide bonds. The monoisotopic (exact) mass is 386 g/mol. The highest BCUT2D eigenvalue weighted by Gasteiger charge is 2.26. The van der Waals surface area contributed by atoms with E-state index in [4.69, 9.17) is 0 Å². The zero-order valence-electron chi connectivity index (χ0n) is 16.0. The van der Waals surface area contributed by atoms with Crippen LogP contribution < -0.4 is 9.62 Å². The van der Waals surface area contributed by atoms with E-state index in [1.807, 2.05) is 45.0 Å². The third kappa shape index (κ3) is 4.22. The molecule has 1 aliphatic heterocycles. The van der Waals surface area contributed by atoms with Crippen LogP contribution in [0.4, 0.5) is 5.69 Å². The van der Waals surface area contributed by atoms with E-state index in [-0.39, 0.29) is 16.8 Å². The molecule has 1 aliphatic rings. The van der Waals surface area contributed by atoms with Gasteiger partial charge < -0.3 is 4.90 Å². The van der Waals surface area contributed by atoms with E-state index < -0.39 is 10.0 Å². The van der Waals surface area contributed by atoms with Crippen LogP contribution in [0.5, 0.6) is 0 Å². The van der Waals surface area contributed by atoms with Crippen LogP contribution in [0.25, 0.3) is 0 Å². The maximum atomic E-state index is 12.9. The number of anilines is 1. The van der Waals surface area contributed by atoms with Gasteiger partial charge >= 0.3 is 0 Å². The summed E-state index contributed by atoms with van der Waals surface area (Å²) >= 11 is 0. The molecule has 6 heteroatoms. The highest BCUT2D eigenvalue weighted by atomic mass is 32.2. The molecule has 0 aliphatic carbocycles. The lowest BCUT2D eigenvalue weighted by molar-refractivity contribution is 0.0985. The minimum Gasteiger partial charge on any atom is -0.308 e. The molecule has 3 rings (SSSR count). The van der Waals surface area contributed by atoms with Crippen LogP contribution in [0, 0.1) is 6.92 Å². The van der Waals surface area contributed by atoms with E-state index in [2.05, 4.69) is 4.72 Å². The summed E-state index contributed by atoms with van der Waals surface area (Å²) in [6.45, 7) is 6.41. The van der Waals surface area contributed by atoms with Crippen LogP contribution in [0.1, 0.15) is 48.2 Å². The van der Waals surface area contributed by atoms with Gasteiger partial charge in [-0.3, -0.25) is 4.79 Å². The Labute approximate surface area is 161 Å². The molecular weight excluding hydrogens is 360 g/mol. The number of amides is 1. The summed E-state index contributed by atoms with van der Waals surface area (Å²) in [5.74, 6) is -0.0516. The lowest BCUT2D eigenvalue weighted by atomic mass is 10.0. The number of hydrogen-bond acceptors (Lipinski definition) is 3. The van der Waals surface area contributed by atoms with Gasteiger partial charge in [0.2, 0.25) is 10.0 Å². The molecule has 1 heterocycles. The van der Waals surface area contributed by atoms with Crippen LogP contribution in [0.2, 0.25) is 0 Å². The average molecular weight is 387 g/mol. The first-order chi connectivity index (χ1) is 12.8. The maximum absolute atomic E-state index is 12.9. The zero-order chi connectivity index (χ0) is 19.6. The third-order valence-electron chi connectivity index (χ3n) is 4.99. The maximum Gasteiger partial charge on any atom is 0.258 e. The lowest BCUT2D eigenvalue weighted by Gasteiger charge is -2.30. The Kier molecular flexibility index (Phi) is 5.67. The van der Waals surface area contributed by atoms with Crippen molar-refractivity contribution >= 4 is 21.6 Å². The van der Waals surface area contributed by atoms with Crippen LogP contribution >= 0.6 is 0 Å². The average Bonchev–Trinajstić information content (AvgIpc) is 2.66. The van der Waals surface area contributed by atoms with Crippen LogP contribution in [-0.4, -0.2) is 26.9 Å². The van der Waals surface area contributed by atoms with Crippen molar-refractivity contribution in [2.75, 3.05) is 11.4 Å². The smallest absolute Gasteiger partial charge is 0.258 e. The summed E-state index contributed by atoms with van der Waals surface area (Å²) in [6.07, 6.45) is 2.30. The van der Waals surface area contributed by atoms with E-state index in [9.17, 15) is 13.2 Å². The number of nitrogens with zero attached hydrogens (tertiary/aromatic N) is 1. The molecule has 2 aromatic carbocycles. The van der Waals surface area contributed by atoms with Gasteiger partial charge in [-0.25, -0.2) is 13.1 Å². The number of rotatable bonds is 5. The molecular formula is C21H26N2O3S. The van der Waals surface area contributed by atoms with E-state index in [0.717, 1.165) is 36.1 Å². The molecule has 0 saturated heterocycles. The molecule has 144 valence electrons. The molecule has 27 heavy (non-hydrogen) atoms. The van der Waals surface area contributed by atoms with Gasteiger partial charge in [-0.1, -0.05) is 24.6 Å². The van der Waals surface area contributed by atoms with Crippen LogP contribution in [-0.2, 0) is 16.4 Å². The number of carbonyl (C=O) groups is 1. The Hall–Kier alpha value is -2.18. The Morgan fingerprint density at radius 2 is 1.89 bits per heavy atom. The molecule has 1 atom stereocenters. The van der Waals surface area contributed by atoms with E-state index in [0.29, 0.717) is 12.1 Å². The molecule has 0 fully saturated rings. The van der Waals surface area contributed by atoms with Gasteiger partial charge in [0.1, 0.15) is 0 Å². The topological polar surface area (TPSA) is 66.5 Å². The Morgan fingerprint density at radius 3 is 2.56 bits per heavy atom. The largest absolute Gasteiger partial charge is 0.308 e. The summed E-state index contributed by atoms with van der Waals surface area (Å²) in [5, 5.41) is 0. The zero-order valence-corrected chi connectivity index (χ0v) is 16.8. The van der Waals surface area contributed by atoms with Crippen molar-refractivity contribution in [2.24, 2.45) is 0 Å². The normalized spacial score (nSPS) is 15.3. The van der Waals surface area contributed by atoms with Gasteiger partial charge in [0, 0.05) is 23.8 Å². The minimum absolute atomic E-state index is 0.0516. The van der Waals surface area contributed by atoms with Crippen molar-refractivity contribution in [3.63, 3.8) is 0 Å². The predicted octanol–water partition coefficient (Wildman–Crippen LogP) is 3.66.